The van der Waals surface area contributed by atoms with Crippen molar-refractivity contribution in [2.45, 2.75) is 57.2 Å². The lowest BCUT2D eigenvalue weighted by atomic mass is 10.1. The third-order valence-corrected chi connectivity index (χ3v) is 6.17. The van der Waals surface area contributed by atoms with Gasteiger partial charge in [-0.25, -0.2) is 0 Å². The first-order valence-electron chi connectivity index (χ1n) is 10.3. The summed E-state index contributed by atoms with van der Waals surface area (Å²) in [7, 11) is 0. The van der Waals surface area contributed by atoms with Crippen molar-refractivity contribution < 1.29 is 33.3 Å². The van der Waals surface area contributed by atoms with Crippen molar-refractivity contribution in [1.29, 1.82) is 0 Å². The summed E-state index contributed by atoms with van der Waals surface area (Å²) in [6, 6.07) is 0. The topological polar surface area (TPSA) is 91.4 Å². The molecule has 0 aromatic rings. The molecule has 2 fully saturated rings. The Morgan fingerprint density at radius 2 is 1.59 bits per heavy atom. The monoisotopic (exact) mass is 448 g/mol. The molecule has 1 heterocycles. The summed E-state index contributed by atoms with van der Waals surface area (Å²) < 4.78 is 20.9. The number of Topliss-reactive ketones (excluding diaryl/α,β-unsaturated/α-hetero) is 1. The lowest BCUT2D eigenvalue weighted by Crippen LogP contribution is -2.15. The largest absolute Gasteiger partial charge is 0.462 e. The standard InChI is InChI=1S/C20H32O7S2/c21-16(14-24-13-15-11-17-18(12-15)27-17)5-10-29-9-2-4-20(23)26-7-6-25-19(22)3-1-8-28/h15,17-18,28H,1-14H2. The van der Waals surface area contributed by atoms with E-state index in [1.807, 2.05) is 0 Å². The molecule has 0 aromatic heterocycles. The second kappa shape index (κ2) is 14.3. The van der Waals surface area contributed by atoms with E-state index in [0.717, 1.165) is 24.3 Å². The van der Waals surface area contributed by atoms with Gasteiger partial charge < -0.3 is 18.9 Å². The number of fused-ring (bicyclic) bond motifs is 1. The maximum atomic E-state index is 11.8. The maximum absolute atomic E-state index is 11.8. The number of epoxide rings is 1. The minimum Gasteiger partial charge on any atom is -0.462 e. The molecule has 0 bridgehead atoms. The highest BCUT2D eigenvalue weighted by Crippen LogP contribution is 2.42. The quantitative estimate of drug-likeness (QED) is 0.157. The van der Waals surface area contributed by atoms with Gasteiger partial charge in [0.1, 0.15) is 19.8 Å². The molecule has 0 amide bonds. The lowest BCUT2D eigenvalue weighted by Gasteiger charge is -2.11. The molecule has 0 aromatic carbocycles. The molecule has 2 rings (SSSR count). The van der Waals surface area contributed by atoms with Crippen LogP contribution >= 0.6 is 24.4 Å². The van der Waals surface area contributed by atoms with E-state index in [9.17, 15) is 14.4 Å². The summed E-state index contributed by atoms with van der Waals surface area (Å²) in [5.74, 6) is 2.26. The van der Waals surface area contributed by atoms with E-state index < -0.39 is 0 Å². The number of carbonyl (C=O) groups excluding carboxylic acids is 3. The number of rotatable bonds is 17. The molecule has 0 N–H and O–H groups in total. The van der Waals surface area contributed by atoms with E-state index in [-0.39, 0.29) is 37.5 Å². The van der Waals surface area contributed by atoms with Crippen LogP contribution in [-0.2, 0) is 33.3 Å². The van der Waals surface area contributed by atoms with Gasteiger partial charge >= 0.3 is 11.9 Å². The molecular weight excluding hydrogens is 416 g/mol. The zero-order chi connectivity index (χ0) is 20.9. The number of hydrogen-bond acceptors (Lipinski definition) is 9. The molecule has 1 aliphatic heterocycles. The minimum atomic E-state index is -0.295. The van der Waals surface area contributed by atoms with Crippen molar-refractivity contribution in [3.05, 3.63) is 0 Å². The van der Waals surface area contributed by atoms with E-state index in [0.29, 0.717) is 62.6 Å². The highest BCUT2D eigenvalue weighted by atomic mass is 32.2. The van der Waals surface area contributed by atoms with Crippen molar-refractivity contribution in [2.24, 2.45) is 5.92 Å². The molecule has 166 valence electrons. The predicted octanol–water partition coefficient (Wildman–Crippen LogP) is 2.45. The first kappa shape index (κ1) is 24.5. The maximum Gasteiger partial charge on any atom is 0.305 e. The van der Waals surface area contributed by atoms with Gasteiger partial charge in [0.15, 0.2) is 5.78 Å². The second-order valence-corrected chi connectivity index (χ2v) is 9.01. The molecule has 1 aliphatic carbocycles. The molecule has 0 spiro atoms. The Bertz CT molecular complexity index is 519. The molecule has 2 aliphatic rings. The van der Waals surface area contributed by atoms with Crippen LogP contribution in [0, 0.1) is 5.92 Å². The summed E-state index contributed by atoms with van der Waals surface area (Å²) in [6.45, 7) is 1.03. The van der Waals surface area contributed by atoms with Gasteiger partial charge in [0, 0.05) is 25.0 Å². The summed E-state index contributed by atoms with van der Waals surface area (Å²) in [5.41, 5.74) is 0. The van der Waals surface area contributed by atoms with E-state index in [4.69, 9.17) is 18.9 Å². The third-order valence-electron chi connectivity index (χ3n) is 4.78. The zero-order valence-electron chi connectivity index (χ0n) is 16.8. The number of esters is 2. The summed E-state index contributed by atoms with van der Waals surface area (Å²) in [5, 5.41) is 0. The lowest BCUT2D eigenvalue weighted by molar-refractivity contribution is -0.152. The van der Waals surface area contributed by atoms with Gasteiger partial charge in [0.05, 0.1) is 18.8 Å². The van der Waals surface area contributed by atoms with Gasteiger partial charge in [-0.1, -0.05) is 0 Å². The van der Waals surface area contributed by atoms with E-state index in [2.05, 4.69) is 12.6 Å². The van der Waals surface area contributed by atoms with Gasteiger partial charge in [0.2, 0.25) is 0 Å². The molecule has 1 saturated carbocycles. The van der Waals surface area contributed by atoms with Crippen LogP contribution in [0.5, 0.6) is 0 Å². The average molecular weight is 449 g/mol. The van der Waals surface area contributed by atoms with Gasteiger partial charge in [0.25, 0.3) is 0 Å². The number of thioether (sulfide) groups is 1. The van der Waals surface area contributed by atoms with Crippen LogP contribution in [0.15, 0.2) is 0 Å². The van der Waals surface area contributed by atoms with Crippen LogP contribution in [0.1, 0.15) is 44.9 Å². The Morgan fingerprint density at radius 1 is 0.931 bits per heavy atom. The number of ether oxygens (including phenoxy) is 4. The number of hydrogen-bond donors (Lipinski definition) is 1. The number of thiol groups is 1. The van der Waals surface area contributed by atoms with Crippen molar-refractivity contribution in [3.8, 4) is 0 Å². The Hall–Kier alpha value is -0.770. The number of carbonyl (C=O) groups is 3. The van der Waals surface area contributed by atoms with Crippen molar-refractivity contribution in [2.75, 3.05) is 43.7 Å². The summed E-state index contributed by atoms with van der Waals surface area (Å²) in [6.07, 6.45) is 5.57. The van der Waals surface area contributed by atoms with Crippen molar-refractivity contribution >= 4 is 42.1 Å². The van der Waals surface area contributed by atoms with Gasteiger partial charge in [-0.3, -0.25) is 14.4 Å². The van der Waals surface area contributed by atoms with Gasteiger partial charge in [-0.2, -0.15) is 24.4 Å². The van der Waals surface area contributed by atoms with Gasteiger partial charge in [-0.15, -0.1) is 0 Å². The fourth-order valence-corrected chi connectivity index (χ4v) is 4.26. The Labute approximate surface area is 182 Å². The van der Waals surface area contributed by atoms with E-state index in [1.165, 1.54) is 0 Å². The fraction of sp³-hybridized carbons (Fsp3) is 0.850. The Kier molecular flexibility index (Phi) is 12.1. The third kappa shape index (κ3) is 11.3. The molecule has 1 saturated heterocycles. The first-order valence-corrected chi connectivity index (χ1v) is 12.1. The van der Waals surface area contributed by atoms with E-state index >= 15 is 0 Å². The number of ketones is 1. The Balaban J connectivity index is 1.31. The van der Waals surface area contributed by atoms with Crippen LogP contribution in [0.4, 0.5) is 0 Å². The molecule has 2 atom stereocenters. The van der Waals surface area contributed by atoms with Crippen LogP contribution in [0.2, 0.25) is 0 Å². The summed E-state index contributed by atoms with van der Waals surface area (Å²) >= 11 is 5.67. The van der Waals surface area contributed by atoms with Crippen molar-refractivity contribution in [3.63, 3.8) is 0 Å². The van der Waals surface area contributed by atoms with Crippen LogP contribution < -0.4 is 0 Å². The summed E-state index contributed by atoms with van der Waals surface area (Å²) in [4.78, 5) is 34.7. The molecule has 0 radical (unpaired) electrons. The molecule has 2 unspecified atom stereocenters. The second-order valence-electron chi connectivity index (χ2n) is 7.34. The molecular formula is C20H32O7S2. The smallest absolute Gasteiger partial charge is 0.305 e. The zero-order valence-corrected chi connectivity index (χ0v) is 18.6. The van der Waals surface area contributed by atoms with Gasteiger partial charge in [-0.05, 0) is 43.1 Å². The molecule has 29 heavy (non-hydrogen) atoms. The van der Waals surface area contributed by atoms with E-state index in [1.54, 1.807) is 11.8 Å². The van der Waals surface area contributed by atoms with Crippen LogP contribution in [-0.4, -0.2) is 73.6 Å². The normalized spacial score (nSPS) is 22.2. The predicted molar refractivity (Wildman–Crippen MR) is 113 cm³/mol. The van der Waals surface area contributed by atoms with Crippen molar-refractivity contribution in [1.82, 2.24) is 0 Å². The molecule has 9 heteroatoms. The SMILES string of the molecule is O=C(CCSCCCC(=O)OCCOC(=O)CCCS)COCC1CC2OC2C1. The fourth-order valence-electron chi connectivity index (χ4n) is 3.18. The highest BCUT2D eigenvalue weighted by molar-refractivity contribution is 7.99. The van der Waals surface area contributed by atoms with Crippen LogP contribution in [0.3, 0.4) is 0 Å². The average Bonchev–Trinajstić information content (AvgIpc) is 3.32. The Morgan fingerprint density at radius 3 is 2.24 bits per heavy atom. The minimum absolute atomic E-state index is 0.0856. The first-order chi connectivity index (χ1) is 14.1. The highest BCUT2D eigenvalue weighted by Gasteiger charge is 2.47. The molecule has 7 nitrogen and oxygen atoms in total. The van der Waals surface area contributed by atoms with Crippen LogP contribution in [0.25, 0.3) is 0 Å².